The molecule has 1 unspecified atom stereocenters. The number of aromatic hydroxyl groups is 1. The zero-order valence-corrected chi connectivity index (χ0v) is 11.3. The molecule has 0 amide bonds. The van der Waals surface area contributed by atoms with Gasteiger partial charge in [0.15, 0.2) is 11.5 Å². The maximum atomic E-state index is 11.1. The van der Waals surface area contributed by atoms with E-state index in [1.54, 1.807) is 6.07 Å². The Morgan fingerprint density at radius 3 is 2.94 bits per heavy atom. The fraction of sp³-hybridized carbons (Fsp3) is 0.250. The fourth-order valence-electron chi connectivity index (χ4n) is 1.40. The number of benzene rings is 1. The minimum Gasteiger partial charge on any atom is -0.504 e. The van der Waals surface area contributed by atoms with Gasteiger partial charge in [-0.1, -0.05) is 29.5 Å². The van der Waals surface area contributed by atoms with E-state index in [-0.39, 0.29) is 5.75 Å². The Morgan fingerprint density at radius 2 is 2.24 bits per heavy atom. The zero-order chi connectivity index (χ0) is 12.4. The van der Waals surface area contributed by atoms with Crippen LogP contribution in [0, 0.1) is 0 Å². The smallest absolute Gasteiger partial charge is 0.336 e. The Bertz CT molecular complexity index is 589. The first-order chi connectivity index (χ1) is 8.06. The lowest BCUT2D eigenvalue weighted by Gasteiger charge is -2.09. The van der Waals surface area contributed by atoms with Crippen LogP contribution in [0.2, 0.25) is 0 Å². The minimum atomic E-state index is -0.420. The lowest BCUT2D eigenvalue weighted by Crippen LogP contribution is -2.06. The summed E-state index contributed by atoms with van der Waals surface area (Å²) in [6.45, 7) is 2.48. The summed E-state index contributed by atoms with van der Waals surface area (Å²) in [6, 6.07) is 5.97. The van der Waals surface area contributed by atoms with Gasteiger partial charge in [0.25, 0.3) is 0 Å². The highest BCUT2D eigenvalue weighted by molar-refractivity contribution is 14.1. The largest absolute Gasteiger partial charge is 0.504 e. The number of ether oxygens (including phenoxy) is 1. The summed E-state index contributed by atoms with van der Waals surface area (Å²) >= 11 is 2.22. The molecule has 0 bridgehead atoms. The van der Waals surface area contributed by atoms with Crippen LogP contribution in [-0.4, -0.2) is 15.6 Å². The molecular weight excluding hydrogens is 335 g/mol. The molecule has 90 valence electrons. The van der Waals surface area contributed by atoms with Crippen LogP contribution in [0.25, 0.3) is 11.0 Å². The van der Waals surface area contributed by atoms with Crippen LogP contribution in [0.4, 0.5) is 0 Å². The molecule has 0 aliphatic heterocycles. The molecule has 1 atom stereocenters. The number of hydrogen-bond acceptors (Lipinski definition) is 4. The van der Waals surface area contributed by atoms with E-state index in [1.165, 1.54) is 18.2 Å². The van der Waals surface area contributed by atoms with Crippen LogP contribution in [0.3, 0.4) is 0 Å². The molecule has 2 aromatic rings. The Hall–Kier alpha value is -1.24. The van der Waals surface area contributed by atoms with Gasteiger partial charge in [-0.25, -0.2) is 4.79 Å². The Balaban J connectivity index is 2.42. The summed E-state index contributed by atoms with van der Waals surface area (Å²) in [6.07, 6.45) is 0. The van der Waals surface area contributed by atoms with Crippen molar-refractivity contribution in [3.8, 4) is 11.5 Å². The van der Waals surface area contributed by atoms with Crippen LogP contribution >= 0.6 is 22.6 Å². The second-order valence-corrected chi connectivity index (χ2v) is 5.83. The van der Waals surface area contributed by atoms with E-state index in [0.29, 0.717) is 27.3 Å². The maximum absolute atomic E-state index is 11.1. The Morgan fingerprint density at radius 1 is 1.47 bits per heavy atom. The zero-order valence-electron chi connectivity index (χ0n) is 9.14. The van der Waals surface area contributed by atoms with E-state index >= 15 is 0 Å². The van der Waals surface area contributed by atoms with Crippen LogP contribution in [0.15, 0.2) is 33.5 Å². The summed E-state index contributed by atoms with van der Waals surface area (Å²) < 4.78 is 10.8. The van der Waals surface area contributed by atoms with E-state index in [1.807, 2.05) is 6.92 Å². The van der Waals surface area contributed by atoms with Gasteiger partial charge in [0.2, 0.25) is 0 Å². The number of fused-ring (bicyclic) bond motifs is 1. The number of phenolic OH excluding ortho intramolecular Hbond substituents is 1. The van der Waals surface area contributed by atoms with Gasteiger partial charge in [0.1, 0.15) is 5.58 Å². The summed E-state index contributed by atoms with van der Waals surface area (Å²) in [7, 11) is 0. The first-order valence-corrected chi connectivity index (χ1v) is 6.34. The summed E-state index contributed by atoms with van der Waals surface area (Å²) in [4.78, 5) is 11.1. The van der Waals surface area contributed by atoms with Gasteiger partial charge in [0.05, 0.1) is 6.61 Å². The van der Waals surface area contributed by atoms with Crippen LogP contribution in [0.1, 0.15) is 6.92 Å². The molecule has 1 N–H and O–H groups in total. The molecular formula is C12H11IO4. The topological polar surface area (TPSA) is 59.7 Å². The summed E-state index contributed by atoms with van der Waals surface area (Å²) in [5.74, 6) is 0.374. The third-order valence-corrected chi connectivity index (χ3v) is 2.53. The monoisotopic (exact) mass is 346 g/mol. The van der Waals surface area contributed by atoms with E-state index in [2.05, 4.69) is 22.6 Å². The molecule has 0 aliphatic carbocycles. The lowest BCUT2D eigenvalue weighted by molar-refractivity contribution is 0.307. The number of halogens is 1. The third-order valence-electron chi connectivity index (χ3n) is 2.17. The van der Waals surface area contributed by atoms with Gasteiger partial charge in [0, 0.05) is 21.4 Å². The Labute approximate surface area is 111 Å². The fourth-order valence-corrected chi connectivity index (χ4v) is 1.58. The quantitative estimate of drug-likeness (QED) is 0.527. The minimum absolute atomic E-state index is 0.0448. The van der Waals surface area contributed by atoms with Crippen molar-refractivity contribution < 1.29 is 14.3 Å². The standard InChI is InChI=1S/C12H11IO4/c1-7(13)6-16-11-5-10-8(4-9(11)14)2-3-12(15)17-10/h2-5,7,14H,6H2,1H3. The van der Waals surface area contributed by atoms with E-state index in [9.17, 15) is 9.90 Å². The molecule has 1 heterocycles. The van der Waals surface area contributed by atoms with Crippen molar-refractivity contribution in [3.05, 3.63) is 34.7 Å². The Kier molecular flexibility index (Phi) is 3.56. The predicted molar refractivity (Wildman–Crippen MR) is 73.1 cm³/mol. The molecule has 0 spiro atoms. The second kappa shape index (κ2) is 4.95. The van der Waals surface area contributed by atoms with Crippen molar-refractivity contribution in [1.82, 2.24) is 0 Å². The molecule has 0 aliphatic rings. The highest BCUT2D eigenvalue weighted by Gasteiger charge is 2.08. The molecule has 0 fully saturated rings. The number of alkyl halides is 1. The second-order valence-electron chi connectivity index (χ2n) is 3.70. The normalized spacial score (nSPS) is 12.6. The maximum Gasteiger partial charge on any atom is 0.336 e. The van der Waals surface area contributed by atoms with Crippen LogP contribution in [0.5, 0.6) is 11.5 Å². The highest BCUT2D eigenvalue weighted by Crippen LogP contribution is 2.31. The van der Waals surface area contributed by atoms with Gasteiger partial charge in [-0.3, -0.25) is 0 Å². The van der Waals surface area contributed by atoms with Crippen molar-refractivity contribution in [2.45, 2.75) is 10.8 Å². The molecule has 0 saturated carbocycles. The van der Waals surface area contributed by atoms with Crippen LogP contribution in [-0.2, 0) is 0 Å². The van der Waals surface area contributed by atoms with E-state index in [4.69, 9.17) is 9.15 Å². The van der Waals surface area contributed by atoms with Gasteiger partial charge in [-0.15, -0.1) is 0 Å². The number of rotatable bonds is 3. The molecule has 1 aromatic heterocycles. The number of phenols is 1. The average molecular weight is 346 g/mol. The van der Waals surface area contributed by atoms with Gasteiger partial charge in [-0.2, -0.15) is 0 Å². The lowest BCUT2D eigenvalue weighted by atomic mass is 10.2. The molecule has 1 aromatic carbocycles. The predicted octanol–water partition coefficient (Wildman–Crippen LogP) is 2.70. The summed E-state index contributed by atoms with van der Waals surface area (Å²) in [5, 5.41) is 10.4. The average Bonchev–Trinajstić information content (AvgIpc) is 2.26. The van der Waals surface area contributed by atoms with Crippen molar-refractivity contribution in [3.63, 3.8) is 0 Å². The third kappa shape index (κ3) is 2.91. The number of hydrogen-bond donors (Lipinski definition) is 1. The summed E-state index contributed by atoms with van der Waals surface area (Å²) in [5.41, 5.74) is -0.0113. The van der Waals surface area contributed by atoms with Crippen molar-refractivity contribution in [2.75, 3.05) is 6.61 Å². The molecule has 5 heteroatoms. The van der Waals surface area contributed by atoms with Crippen molar-refractivity contribution in [1.29, 1.82) is 0 Å². The SMILES string of the molecule is CC(I)COc1cc2oc(=O)ccc2cc1O. The first kappa shape index (κ1) is 12.2. The molecule has 17 heavy (non-hydrogen) atoms. The van der Waals surface area contributed by atoms with Crippen molar-refractivity contribution >= 4 is 33.6 Å². The molecule has 0 saturated heterocycles. The van der Waals surface area contributed by atoms with Crippen molar-refractivity contribution in [2.24, 2.45) is 0 Å². The van der Waals surface area contributed by atoms with Gasteiger partial charge >= 0.3 is 5.63 Å². The van der Waals surface area contributed by atoms with Gasteiger partial charge < -0.3 is 14.3 Å². The van der Waals surface area contributed by atoms with Gasteiger partial charge in [-0.05, 0) is 12.1 Å². The van der Waals surface area contributed by atoms with E-state index < -0.39 is 5.63 Å². The molecule has 2 rings (SSSR count). The first-order valence-electron chi connectivity index (χ1n) is 5.10. The molecule has 4 nitrogen and oxygen atoms in total. The van der Waals surface area contributed by atoms with E-state index in [0.717, 1.165) is 0 Å². The van der Waals surface area contributed by atoms with Crippen LogP contribution < -0.4 is 10.4 Å². The highest BCUT2D eigenvalue weighted by atomic mass is 127. The molecule has 0 radical (unpaired) electrons.